The summed E-state index contributed by atoms with van der Waals surface area (Å²) in [5, 5.41) is 8.25. The van der Waals surface area contributed by atoms with Crippen LogP contribution in [0.2, 0.25) is 0 Å². The zero-order chi connectivity index (χ0) is 14.0. The first kappa shape index (κ1) is 17.2. The van der Waals surface area contributed by atoms with Crippen molar-refractivity contribution in [3.8, 4) is 0 Å². The van der Waals surface area contributed by atoms with Crippen LogP contribution in [0.5, 0.6) is 0 Å². The van der Waals surface area contributed by atoms with Gasteiger partial charge in [-0.2, -0.15) is 5.26 Å². The molecule has 0 saturated heterocycles. The van der Waals surface area contributed by atoms with Gasteiger partial charge < -0.3 is 4.74 Å². The zero-order valence-electron chi connectivity index (χ0n) is 12.2. The van der Waals surface area contributed by atoms with Crippen LogP contribution in [0.4, 0.5) is 4.79 Å². The molecule has 0 aromatic heterocycles. The summed E-state index contributed by atoms with van der Waals surface area (Å²) in [6.45, 7) is 8.72. The first-order valence-electron chi connectivity index (χ1n) is 6.97. The number of ether oxygens (including phenoxy) is 1. The van der Waals surface area contributed by atoms with Gasteiger partial charge in [0, 0.05) is 0 Å². The highest BCUT2D eigenvalue weighted by molar-refractivity contribution is 5.59. The maximum absolute atomic E-state index is 11.0. The molecule has 0 rings (SSSR count). The van der Waals surface area contributed by atoms with Gasteiger partial charge in [0.25, 0.3) is 0 Å². The second-order valence-electron chi connectivity index (χ2n) is 5.63. The molecule has 0 aliphatic rings. The maximum atomic E-state index is 11.0. The van der Waals surface area contributed by atoms with Gasteiger partial charge in [0.2, 0.25) is 0 Å². The Morgan fingerprint density at radius 2 is 1.89 bits per heavy atom. The highest BCUT2D eigenvalue weighted by atomic mass is 17.1. The van der Waals surface area contributed by atoms with E-state index in [1.807, 2.05) is 0 Å². The SMILES string of the molecule is CCCCCC(CCC(C)(C)CC)OC(=O)OO. The predicted molar refractivity (Wildman–Crippen MR) is 71.4 cm³/mol. The normalized spacial score (nSPS) is 13.2. The summed E-state index contributed by atoms with van der Waals surface area (Å²) < 4.78 is 5.07. The second kappa shape index (κ2) is 9.20. The smallest absolute Gasteiger partial charge is 0.429 e. The molecule has 108 valence electrons. The third-order valence-corrected chi connectivity index (χ3v) is 3.57. The standard InChI is InChI=1S/C14H28O4/c1-5-7-8-9-12(17-13(15)18-16)10-11-14(3,4)6-2/h12,16H,5-11H2,1-4H3. The van der Waals surface area contributed by atoms with Gasteiger partial charge in [0.05, 0.1) is 0 Å². The Bertz CT molecular complexity index is 226. The lowest BCUT2D eigenvalue weighted by Crippen LogP contribution is -2.21. The van der Waals surface area contributed by atoms with E-state index in [0.717, 1.165) is 44.9 Å². The highest BCUT2D eigenvalue weighted by Crippen LogP contribution is 2.28. The van der Waals surface area contributed by atoms with E-state index in [1.165, 1.54) is 0 Å². The van der Waals surface area contributed by atoms with Crippen LogP contribution in [0, 0.1) is 5.41 Å². The first-order chi connectivity index (χ1) is 8.45. The van der Waals surface area contributed by atoms with Gasteiger partial charge in [-0.1, -0.05) is 47.0 Å². The zero-order valence-corrected chi connectivity index (χ0v) is 12.2. The van der Waals surface area contributed by atoms with Gasteiger partial charge in [-0.3, -0.25) is 4.89 Å². The van der Waals surface area contributed by atoms with Crippen molar-refractivity contribution in [2.75, 3.05) is 0 Å². The molecule has 18 heavy (non-hydrogen) atoms. The van der Waals surface area contributed by atoms with Crippen molar-refractivity contribution in [1.82, 2.24) is 0 Å². The Morgan fingerprint density at radius 1 is 1.22 bits per heavy atom. The second-order valence-corrected chi connectivity index (χ2v) is 5.63. The molecule has 0 heterocycles. The number of hydrogen-bond donors (Lipinski definition) is 1. The summed E-state index contributed by atoms with van der Waals surface area (Å²) in [7, 11) is 0. The lowest BCUT2D eigenvalue weighted by molar-refractivity contribution is -0.206. The molecule has 1 N–H and O–H groups in total. The minimum atomic E-state index is -0.995. The van der Waals surface area contributed by atoms with Crippen LogP contribution in [0.1, 0.15) is 72.6 Å². The minimum Gasteiger partial charge on any atom is -0.429 e. The molecule has 4 heteroatoms. The molecule has 0 aromatic carbocycles. The highest BCUT2D eigenvalue weighted by Gasteiger charge is 2.21. The number of hydrogen-bond acceptors (Lipinski definition) is 4. The topological polar surface area (TPSA) is 55.8 Å². The number of unbranched alkanes of at least 4 members (excludes halogenated alkanes) is 2. The molecular weight excluding hydrogens is 232 g/mol. The largest absolute Gasteiger partial charge is 0.540 e. The molecule has 0 amide bonds. The number of rotatable bonds is 9. The Labute approximate surface area is 111 Å². The summed E-state index contributed by atoms with van der Waals surface area (Å²) in [4.78, 5) is 14.5. The summed E-state index contributed by atoms with van der Waals surface area (Å²) >= 11 is 0. The third-order valence-electron chi connectivity index (χ3n) is 3.57. The lowest BCUT2D eigenvalue weighted by atomic mass is 9.84. The van der Waals surface area contributed by atoms with Crippen molar-refractivity contribution >= 4 is 6.16 Å². The molecule has 0 aliphatic carbocycles. The first-order valence-corrected chi connectivity index (χ1v) is 6.97. The van der Waals surface area contributed by atoms with E-state index in [1.54, 1.807) is 0 Å². The van der Waals surface area contributed by atoms with Crippen LogP contribution in [0.25, 0.3) is 0 Å². The van der Waals surface area contributed by atoms with E-state index < -0.39 is 6.16 Å². The Hall–Kier alpha value is -0.770. The predicted octanol–water partition coefficient (Wildman–Crippen LogP) is 4.78. The van der Waals surface area contributed by atoms with Crippen molar-refractivity contribution in [3.63, 3.8) is 0 Å². The maximum Gasteiger partial charge on any atom is 0.540 e. The van der Waals surface area contributed by atoms with Gasteiger partial charge in [-0.25, -0.2) is 4.79 Å². The molecule has 0 fully saturated rings. The molecule has 0 aromatic rings. The summed E-state index contributed by atoms with van der Waals surface area (Å²) in [6, 6.07) is 0. The van der Waals surface area contributed by atoms with Gasteiger partial charge in [-0.15, -0.1) is 0 Å². The fraction of sp³-hybridized carbons (Fsp3) is 0.929. The molecule has 0 saturated carbocycles. The van der Waals surface area contributed by atoms with Crippen LogP contribution in [-0.2, 0) is 9.62 Å². The minimum absolute atomic E-state index is 0.151. The summed E-state index contributed by atoms with van der Waals surface area (Å²) in [5.41, 5.74) is 0.259. The van der Waals surface area contributed by atoms with Crippen molar-refractivity contribution < 1.29 is 19.7 Å². The van der Waals surface area contributed by atoms with Gasteiger partial charge >= 0.3 is 6.16 Å². The number of carbonyl (C=O) groups is 1. The monoisotopic (exact) mass is 260 g/mol. The van der Waals surface area contributed by atoms with Crippen LogP contribution >= 0.6 is 0 Å². The molecule has 1 atom stereocenters. The Kier molecular flexibility index (Phi) is 8.81. The molecule has 0 aliphatic heterocycles. The van der Waals surface area contributed by atoms with E-state index in [2.05, 4.69) is 32.6 Å². The van der Waals surface area contributed by atoms with E-state index >= 15 is 0 Å². The molecule has 0 bridgehead atoms. The van der Waals surface area contributed by atoms with E-state index in [9.17, 15) is 4.79 Å². The average molecular weight is 260 g/mol. The van der Waals surface area contributed by atoms with Crippen molar-refractivity contribution in [3.05, 3.63) is 0 Å². The molecule has 0 radical (unpaired) electrons. The number of carbonyl (C=O) groups excluding carboxylic acids is 1. The van der Waals surface area contributed by atoms with Crippen molar-refractivity contribution in [1.29, 1.82) is 0 Å². The summed E-state index contributed by atoms with van der Waals surface area (Å²) in [6.07, 6.45) is 5.91. The third kappa shape index (κ3) is 8.34. The van der Waals surface area contributed by atoms with Crippen LogP contribution < -0.4 is 0 Å². The van der Waals surface area contributed by atoms with E-state index in [0.29, 0.717) is 0 Å². The van der Waals surface area contributed by atoms with Crippen molar-refractivity contribution in [2.45, 2.75) is 78.7 Å². The average Bonchev–Trinajstić information content (AvgIpc) is 2.35. The lowest BCUT2D eigenvalue weighted by Gasteiger charge is -2.25. The fourth-order valence-electron chi connectivity index (χ4n) is 1.77. The quantitative estimate of drug-likeness (QED) is 0.280. The van der Waals surface area contributed by atoms with Crippen LogP contribution in [0.3, 0.4) is 0 Å². The Morgan fingerprint density at radius 3 is 2.39 bits per heavy atom. The van der Waals surface area contributed by atoms with Crippen LogP contribution in [-0.4, -0.2) is 17.5 Å². The van der Waals surface area contributed by atoms with Crippen LogP contribution in [0.15, 0.2) is 0 Å². The van der Waals surface area contributed by atoms with E-state index in [4.69, 9.17) is 9.99 Å². The molecule has 4 nitrogen and oxygen atoms in total. The molecular formula is C14H28O4. The van der Waals surface area contributed by atoms with Gasteiger partial charge in [0.1, 0.15) is 6.10 Å². The van der Waals surface area contributed by atoms with Gasteiger partial charge in [0.15, 0.2) is 0 Å². The summed E-state index contributed by atoms with van der Waals surface area (Å²) in [5.74, 6) is 0. The van der Waals surface area contributed by atoms with Gasteiger partial charge in [-0.05, 0) is 31.1 Å². The Balaban J connectivity index is 4.15. The molecule has 0 spiro atoms. The fourth-order valence-corrected chi connectivity index (χ4v) is 1.77. The van der Waals surface area contributed by atoms with Crippen molar-refractivity contribution in [2.24, 2.45) is 5.41 Å². The molecule has 1 unspecified atom stereocenters. The van der Waals surface area contributed by atoms with E-state index in [-0.39, 0.29) is 11.5 Å².